The Kier molecular flexibility index (Phi) is 7.27. The van der Waals surface area contributed by atoms with Crippen LogP contribution in [0.3, 0.4) is 0 Å². The first-order chi connectivity index (χ1) is 18.5. The van der Waals surface area contributed by atoms with Gasteiger partial charge in [0, 0.05) is 17.5 Å². The van der Waals surface area contributed by atoms with E-state index in [0.29, 0.717) is 19.6 Å². The van der Waals surface area contributed by atoms with E-state index < -0.39 is 8.32 Å². The lowest BCUT2D eigenvalue weighted by molar-refractivity contribution is -0.141. The average Bonchev–Trinajstić information content (AvgIpc) is 3.25. The van der Waals surface area contributed by atoms with Crippen molar-refractivity contribution in [3.63, 3.8) is 0 Å². The third kappa shape index (κ3) is 5.44. The maximum atomic E-state index is 11.7. The molecule has 5 rings (SSSR count). The number of carbonyl (C=O) groups is 1. The summed E-state index contributed by atoms with van der Waals surface area (Å²) in [5.74, 6) is 2.43. The highest BCUT2D eigenvalue weighted by Gasteiger charge is 2.40. The summed E-state index contributed by atoms with van der Waals surface area (Å²) in [6.45, 7) is 14.7. The Morgan fingerprint density at radius 3 is 2.51 bits per heavy atom. The summed E-state index contributed by atoms with van der Waals surface area (Å²) in [6, 6.07) is 16.8. The first-order valence-corrected chi connectivity index (χ1v) is 16.8. The van der Waals surface area contributed by atoms with Crippen LogP contribution in [0.15, 0.2) is 48.5 Å². The van der Waals surface area contributed by atoms with E-state index in [1.165, 1.54) is 34.9 Å². The van der Waals surface area contributed by atoms with Gasteiger partial charge in [-0.25, -0.2) is 0 Å². The minimum absolute atomic E-state index is 0.0257. The molecular formula is C33H40O5Si. The molecule has 0 spiro atoms. The number of benzene rings is 3. The average molecular weight is 545 g/mol. The van der Waals surface area contributed by atoms with Crippen molar-refractivity contribution in [3.05, 3.63) is 76.3 Å². The maximum absolute atomic E-state index is 11.7. The molecular weight excluding hydrogens is 504 g/mol. The highest BCUT2D eigenvalue weighted by atomic mass is 28.4. The van der Waals surface area contributed by atoms with Gasteiger partial charge in [-0.3, -0.25) is 4.79 Å². The van der Waals surface area contributed by atoms with Gasteiger partial charge in [-0.15, -0.1) is 0 Å². The molecule has 6 heteroatoms. The summed E-state index contributed by atoms with van der Waals surface area (Å²) < 4.78 is 23.6. The van der Waals surface area contributed by atoms with Gasteiger partial charge < -0.3 is 18.6 Å². The first-order valence-electron chi connectivity index (χ1n) is 13.9. The number of methoxy groups -OCH3 is 1. The number of ether oxygens (including phenoxy) is 3. The fourth-order valence-electron chi connectivity index (χ4n) is 5.22. The number of hydrogen-bond donors (Lipinski definition) is 0. The van der Waals surface area contributed by atoms with E-state index in [1.807, 2.05) is 18.2 Å². The highest BCUT2D eigenvalue weighted by molar-refractivity contribution is 6.74. The van der Waals surface area contributed by atoms with Crippen LogP contribution < -0.4 is 13.9 Å². The molecule has 0 aromatic heterocycles. The summed E-state index contributed by atoms with van der Waals surface area (Å²) >= 11 is 0. The Morgan fingerprint density at radius 1 is 1.05 bits per heavy atom. The topological polar surface area (TPSA) is 54.0 Å². The largest absolute Gasteiger partial charge is 0.543 e. The van der Waals surface area contributed by atoms with Gasteiger partial charge in [0.25, 0.3) is 0 Å². The third-order valence-electron chi connectivity index (χ3n) is 8.63. The maximum Gasteiger partial charge on any atom is 0.306 e. The van der Waals surface area contributed by atoms with Crippen LogP contribution in [-0.2, 0) is 29.0 Å². The van der Waals surface area contributed by atoms with E-state index in [2.05, 4.69) is 71.1 Å². The second kappa shape index (κ2) is 10.4. The fourth-order valence-corrected chi connectivity index (χ4v) is 6.26. The van der Waals surface area contributed by atoms with Crippen molar-refractivity contribution in [1.82, 2.24) is 0 Å². The van der Waals surface area contributed by atoms with Crippen LogP contribution >= 0.6 is 0 Å². The molecule has 0 N–H and O–H groups in total. The van der Waals surface area contributed by atoms with Crippen LogP contribution in [0.1, 0.15) is 60.9 Å². The van der Waals surface area contributed by atoms with Gasteiger partial charge in [-0.1, -0.05) is 45.0 Å². The van der Waals surface area contributed by atoms with Crippen molar-refractivity contribution in [3.8, 4) is 28.4 Å². The molecule has 3 aromatic rings. The number of hydrogen-bond acceptors (Lipinski definition) is 5. The van der Waals surface area contributed by atoms with Crippen molar-refractivity contribution in [2.75, 3.05) is 13.7 Å². The van der Waals surface area contributed by atoms with Crippen LogP contribution in [0.2, 0.25) is 18.1 Å². The molecule has 5 nitrogen and oxygen atoms in total. The third-order valence-corrected chi connectivity index (χ3v) is 13.0. The Bertz CT molecular complexity index is 1400. The molecule has 2 aliphatic rings. The second-order valence-corrected chi connectivity index (χ2v) is 17.1. The summed E-state index contributed by atoms with van der Waals surface area (Å²) in [7, 11) is -0.489. The van der Waals surface area contributed by atoms with E-state index in [-0.39, 0.29) is 16.9 Å². The van der Waals surface area contributed by atoms with Gasteiger partial charge in [0.2, 0.25) is 8.32 Å². The predicted octanol–water partition coefficient (Wildman–Crippen LogP) is 7.76. The van der Waals surface area contributed by atoms with Crippen molar-refractivity contribution in [2.24, 2.45) is 0 Å². The molecule has 1 aliphatic carbocycles. The van der Waals surface area contributed by atoms with Gasteiger partial charge in [-0.05, 0) is 89.5 Å². The van der Waals surface area contributed by atoms with E-state index in [0.717, 1.165) is 41.2 Å². The van der Waals surface area contributed by atoms with Gasteiger partial charge in [0.05, 0.1) is 20.1 Å². The van der Waals surface area contributed by atoms with Crippen LogP contribution in [0.4, 0.5) is 0 Å². The minimum atomic E-state index is -1.90. The molecule has 39 heavy (non-hydrogen) atoms. The second-order valence-electron chi connectivity index (χ2n) is 12.4. The zero-order valence-corrected chi connectivity index (χ0v) is 25.3. The lowest BCUT2D eigenvalue weighted by atomic mass is 9.79. The number of esters is 1. The molecule has 1 aliphatic heterocycles. The molecule has 1 unspecified atom stereocenters. The van der Waals surface area contributed by atoms with Gasteiger partial charge in [0.1, 0.15) is 23.9 Å². The quantitative estimate of drug-likeness (QED) is 0.214. The smallest absolute Gasteiger partial charge is 0.306 e. The molecule has 0 bridgehead atoms. The van der Waals surface area contributed by atoms with E-state index in [1.54, 1.807) is 0 Å². The Balaban J connectivity index is 1.32. The molecule has 0 saturated carbocycles. The van der Waals surface area contributed by atoms with Crippen molar-refractivity contribution in [2.45, 2.75) is 77.6 Å². The predicted molar refractivity (Wildman–Crippen MR) is 157 cm³/mol. The van der Waals surface area contributed by atoms with Crippen molar-refractivity contribution >= 4 is 14.3 Å². The van der Waals surface area contributed by atoms with E-state index in [4.69, 9.17) is 18.6 Å². The Hall–Kier alpha value is -3.25. The SMILES string of the molecule is COC(=O)CC1COc2cc(OCc3cccc(-c4c(C)cc(O[Si](C)(C)C(C)(C)C)c5c4CC5)c3)ccc21. The van der Waals surface area contributed by atoms with Gasteiger partial charge in [0.15, 0.2) is 0 Å². The van der Waals surface area contributed by atoms with Crippen LogP contribution in [-0.4, -0.2) is 28.0 Å². The van der Waals surface area contributed by atoms with Gasteiger partial charge >= 0.3 is 5.97 Å². The Morgan fingerprint density at radius 2 is 1.82 bits per heavy atom. The van der Waals surface area contributed by atoms with Crippen LogP contribution in [0.25, 0.3) is 11.1 Å². The zero-order chi connectivity index (χ0) is 27.9. The monoisotopic (exact) mass is 544 g/mol. The van der Waals surface area contributed by atoms with E-state index >= 15 is 0 Å². The molecule has 0 saturated heterocycles. The number of aryl methyl sites for hydroxylation is 1. The summed E-state index contributed by atoms with van der Waals surface area (Å²) in [6.07, 6.45) is 2.49. The standard InChI is InChI=1S/C33H40O5Si/c1-21-15-30(38-39(6,7)33(2,3)4)27-13-14-28(27)32(21)23-10-8-9-22(16-23)19-36-25-11-12-26-24(17-31(34)35-5)20-37-29(26)18-25/h8-12,15-16,18,24H,13-14,17,19-20H2,1-7H3. The minimum Gasteiger partial charge on any atom is -0.543 e. The number of fused-ring (bicyclic) bond motifs is 2. The zero-order valence-electron chi connectivity index (χ0n) is 24.3. The molecule has 206 valence electrons. The molecule has 1 heterocycles. The molecule has 0 radical (unpaired) electrons. The fraction of sp³-hybridized carbons (Fsp3) is 0.424. The molecule has 0 amide bonds. The number of rotatable bonds is 8. The van der Waals surface area contributed by atoms with E-state index in [9.17, 15) is 4.79 Å². The first kappa shape index (κ1) is 27.3. The summed E-state index contributed by atoms with van der Waals surface area (Å²) in [4.78, 5) is 11.7. The lowest BCUT2D eigenvalue weighted by Crippen LogP contribution is -2.44. The summed E-state index contributed by atoms with van der Waals surface area (Å²) in [5, 5.41) is 0.167. The summed E-state index contributed by atoms with van der Waals surface area (Å²) in [5.41, 5.74) is 8.78. The van der Waals surface area contributed by atoms with Gasteiger partial charge in [-0.2, -0.15) is 0 Å². The Labute approximate surface area is 233 Å². The molecule has 1 atom stereocenters. The molecule has 3 aromatic carbocycles. The van der Waals surface area contributed by atoms with Crippen LogP contribution in [0, 0.1) is 6.92 Å². The molecule has 0 fully saturated rings. The van der Waals surface area contributed by atoms with Crippen LogP contribution in [0.5, 0.6) is 17.2 Å². The highest BCUT2D eigenvalue weighted by Crippen LogP contribution is 2.45. The van der Waals surface area contributed by atoms with Crippen molar-refractivity contribution in [1.29, 1.82) is 0 Å². The number of carbonyl (C=O) groups excluding carboxylic acids is 1. The lowest BCUT2D eigenvalue weighted by Gasteiger charge is -2.39. The van der Waals surface area contributed by atoms with Crippen molar-refractivity contribution < 1.29 is 23.4 Å². The normalized spacial score (nSPS) is 16.0.